The minimum absolute atomic E-state index is 0.0742. The maximum Gasteiger partial charge on any atom is 0.235 e. The third-order valence-corrected chi connectivity index (χ3v) is 5.83. The van der Waals surface area contributed by atoms with E-state index in [0.717, 1.165) is 54.3 Å². The fourth-order valence-corrected chi connectivity index (χ4v) is 4.42. The van der Waals surface area contributed by atoms with E-state index in [0.29, 0.717) is 0 Å². The highest BCUT2D eigenvalue weighted by molar-refractivity contribution is 6.17. The second kappa shape index (κ2) is 7.09. The second-order valence-corrected chi connectivity index (χ2v) is 7.90. The molecule has 0 amide bonds. The lowest BCUT2D eigenvalue weighted by atomic mass is 10.1. The van der Waals surface area contributed by atoms with Crippen molar-refractivity contribution in [1.82, 2.24) is 9.55 Å². The van der Waals surface area contributed by atoms with Crippen molar-refractivity contribution < 1.29 is 19.7 Å². The number of carbonyl (C=O) groups excluding carboxylic acids is 1. The number of hydrogen-bond acceptors (Lipinski definition) is 6. The Morgan fingerprint density at radius 1 is 1.13 bits per heavy atom. The summed E-state index contributed by atoms with van der Waals surface area (Å²) in [6.45, 7) is 2.00. The highest BCUT2D eigenvalue weighted by Crippen LogP contribution is 2.41. The molecule has 1 fully saturated rings. The zero-order chi connectivity index (χ0) is 20.8. The molecule has 5 rings (SSSR count). The number of pyridine rings is 1. The number of phenolic OH excluding ortho intramolecular Hbond substituents is 2. The van der Waals surface area contributed by atoms with Gasteiger partial charge in [0.05, 0.1) is 0 Å². The Morgan fingerprint density at radius 3 is 2.67 bits per heavy atom. The number of allylic oxidation sites excluding steroid dienone is 1. The fourth-order valence-electron chi connectivity index (χ4n) is 4.42. The van der Waals surface area contributed by atoms with Gasteiger partial charge in [-0.25, -0.2) is 4.98 Å². The first-order valence-electron chi connectivity index (χ1n) is 10.2. The first kappa shape index (κ1) is 18.5. The number of aromatic hydroxyl groups is 2. The number of phenols is 2. The van der Waals surface area contributed by atoms with E-state index >= 15 is 0 Å². The lowest BCUT2D eigenvalue weighted by Crippen LogP contribution is -2.24. The Kier molecular flexibility index (Phi) is 4.38. The van der Waals surface area contributed by atoms with Crippen molar-refractivity contribution in [2.75, 3.05) is 18.0 Å². The number of Topliss-reactive ketones (excluding diaryl/α,β-unsaturated/α-hetero) is 1. The van der Waals surface area contributed by atoms with Crippen molar-refractivity contribution in [3.05, 3.63) is 47.5 Å². The number of carbonyl (C=O) groups is 1. The fraction of sp³-hybridized carbons (Fsp3) is 0.304. The predicted molar refractivity (Wildman–Crippen MR) is 114 cm³/mol. The minimum Gasteiger partial charge on any atom is -0.508 e. The standard InChI is InChI=1S/C23H23N3O4/c1-25-13-14(10-19-22(29)21-17(28)11-15(27)12-18(21)30-19)20-16(6-7-24-23(20)25)26-8-4-2-3-5-9-26/h6-7,10-13,27-28H,2-5,8-9H2,1H3. The Balaban J connectivity index is 1.62. The number of ketones is 1. The Morgan fingerprint density at radius 2 is 1.90 bits per heavy atom. The van der Waals surface area contributed by atoms with Crippen LogP contribution < -0.4 is 9.64 Å². The molecule has 1 saturated heterocycles. The number of benzene rings is 1. The summed E-state index contributed by atoms with van der Waals surface area (Å²) in [4.78, 5) is 19.8. The molecular formula is C23H23N3O4. The molecule has 0 unspecified atom stereocenters. The molecule has 2 aliphatic rings. The van der Waals surface area contributed by atoms with E-state index in [-0.39, 0.29) is 28.6 Å². The third kappa shape index (κ3) is 2.98. The van der Waals surface area contributed by atoms with Crippen LogP contribution in [0.2, 0.25) is 0 Å². The number of nitrogens with zero attached hydrogens (tertiary/aromatic N) is 3. The van der Waals surface area contributed by atoms with Crippen LogP contribution in [0.3, 0.4) is 0 Å². The molecular weight excluding hydrogens is 382 g/mol. The van der Waals surface area contributed by atoms with Crippen LogP contribution in [0, 0.1) is 0 Å². The zero-order valence-corrected chi connectivity index (χ0v) is 16.8. The smallest absolute Gasteiger partial charge is 0.235 e. The summed E-state index contributed by atoms with van der Waals surface area (Å²) in [6.07, 6.45) is 10.3. The van der Waals surface area contributed by atoms with Crippen LogP contribution in [-0.4, -0.2) is 38.6 Å². The summed E-state index contributed by atoms with van der Waals surface area (Å²) in [5.41, 5.74) is 2.86. The van der Waals surface area contributed by atoms with Crippen LogP contribution in [0.25, 0.3) is 17.1 Å². The molecule has 7 heteroatoms. The maximum atomic E-state index is 12.8. The van der Waals surface area contributed by atoms with Gasteiger partial charge in [-0.3, -0.25) is 4.79 Å². The van der Waals surface area contributed by atoms with Crippen LogP contribution in [0.1, 0.15) is 41.6 Å². The van der Waals surface area contributed by atoms with E-state index in [1.807, 2.05) is 30.1 Å². The van der Waals surface area contributed by atoms with Gasteiger partial charge >= 0.3 is 0 Å². The monoisotopic (exact) mass is 405 g/mol. The summed E-state index contributed by atoms with van der Waals surface area (Å²) < 4.78 is 7.64. The molecule has 0 saturated carbocycles. The SMILES string of the molecule is Cn1cc(C=C2Oc3cc(O)cc(O)c3C2=O)c2c(N3CCCCCC3)ccnc21. The van der Waals surface area contributed by atoms with Gasteiger partial charge in [-0.2, -0.15) is 0 Å². The van der Waals surface area contributed by atoms with Crippen molar-refractivity contribution in [2.45, 2.75) is 25.7 Å². The molecule has 7 nitrogen and oxygen atoms in total. The van der Waals surface area contributed by atoms with Crippen molar-refractivity contribution in [1.29, 1.82) is 0 Å². The zero-order valence-electron chi connectivity index (χ0n) is 16.8. The average Bonchev–Trinajstić information content (AvgIpc) is 3.05. The van der Waals surface area contributed by atoms with Gasteiger partial charge in [-0.05, 0) is 25.0 Å². The van der Waals surface area contributed by atoms with Crippen LogP contribution in [0.15, 0.2) is 36.4 Å². The van der Waals surface area contributed by atoms with E-state index < -0.39 is 5.78 Å². The molecule has 0 atom stereocenters. The molecule has 2 aromatic heterocycles. The highest BCUT2D eigenvalue weighted by atomic mass is 16.5. The number of rotatable bonds is 2. The van der Waals surface area contributed by atoms with Crippen molar-refractivity contribution >= 4 is 28.6 Å². The van der Waals surface area contributed by atoms with Gasteiger partial charge in [0.15, 0.2) is 5.76 Å². The average molecular weight is 405 g/mol. The van der Waals surface area contributed by atoms with Gasteiger partial charge in [-0.1, -0.05) is 12.8 Å². The predicted octanol–water partition coefficient (Wildman–Crippen LogP) is 3.98. The van der Waals surface area contributed by atoms with Crippen molar-refractivity contribution in [3.8, 4) is 17.2 Å². The number of fused-ring (bicyclic) bond motifs is 2. The Bertz CT molecular complexity index is 1190. The molecule has 4 heterocycles. The quantitative estimate of drug-likeness (QED) is 0.627. The van der Waals surface area contributed by atoms with Crippen molar-refractivity contribution in [3.63, 3.8) is 0 Å². The lowest BCUT2D eigenvalue weighted by Gasteiger charge is -2.23. The summed E-state index contributed by atoms with van der Waals surface area (Å²) in [6, 6.07) is 4.51. The summed E-state index contributed by atoms with van der Waals surface area (Å²) >= 11 is 0. The Hall–Kier alpha value is -3.48. The topological polar surface area (TPSA) is 87.8 Å². The molecule has 154 valence electrons. The van der Waals surface area contributed by atoms with Gasteiger partial charge in [0.1, 0.15) is 28.5 Å². The molecule has 0 radical (unpaired) electrons. The van der Waals surface area contributed by atoms with Gasteiger partial charge in [-0.15, -0.1) is 0 Å². The van der Waals surface area contributed by atoms with E-state index in [2.05, 4.69) is 9.88 Å². The molecule has 0 aliphatic carbocycles. The number of ether oxygens (including phenoxy) is 1. The number of hydrogen-bond donors (Lipinski definition) is 2. The molecule has 30 heavy (non-hydrogen) atoms. The maximum absolute atomic E-state index is 12.8. The third-order valence-electron chi connectivity index (χ3n) is 5.83. The second-order valence-electron chi connectivity index (χ2n) is 7.90. The van der Waals surface area contributed by atoms with Crippen LogP contribution >= 0.6 is 0 Å². The van der Waals surface area contributed by atoms with Gasteiger partial charge in [0.2, 0.25) is 5.78 Å². The summed E-state index contributed by atoms with van der Waals surface area (Å²) in [5, 5.41) is 20.8. The molecule has 1 aromatic carbocycles. The number of aromatic nitrogens is 2. The normalized spacial score (nSPS) is 18.0. The van der Waals surface area contributed by atoms with Gasteiger partial charge < -0.3 is 24.4 Å². The molecule has 2 aliphatic heterocycles. The van der Waals surface area contributed by atoms with E-state index in [9.17, 15) is 15.0 Å². The van der Waals surface area contributed by atoms with Crippen LogP contribution in [-0.2, 0) is 7.05 Å². The summed E-state index contributed by atoms with van der Waals surface area (Å²) in [7, 11) is 1.93. The van der Waals surface area contributed by atoms with Gasteiger partial charge in [0.25, 0.3) is 0 Å². The molecule has 2 N–H and O–H groups in total. The van der Waals surface area contributed by atoms with E-state index in [1.165, 1.54) is 18.9 Å². The lowest BCUT2D eigenvalue weighted by molar-refractivity contribution is 0.101. The largest absolute Gasteiger partial charge is 0.508 e. The van der Waals surface area contributed by atoms with E-state index in [1.54, 1.807) is 6.08 Å². The van der Waals surface area contributed by atoms with E-state index in [4.69, 9.17) is 4.74 Å². The van der Waals surface area contributed by atoms with Crippen LogP contribution in [0.4, 0.5) is 5.69 Å². The Labute approximate surface area is 173 Å². The molecule has 3 aromatic rings. The number of aryl methyl sites for hydroxylation is 1. The van der Waals surface area contributed by atoms with Crippen LogP contribution in [0.5, 0.6) is 17.2 Å². The summed E-state index contributed by atoms with van der Waals surface area (Å²) in [5.74, 6) is -0.569. The molecule has 0 bridgehead atoms. The minimum atomic E-state index is -0.403. The first-order valence-corrected chi connectivity index (χ1v) is 10.2. The number of anilines is 1. The van der Waals surface area contributed by atoms with Gasteiger partial charge in [0, 0.05) is 61.3 Å². The van der Waals surface area contributed by atoms with Crippen molar-refractivity contribution in [2.24, 2.45) is 7.05 Å². The highest BCUT2D eigenvalue weighted by Gasteiger charge is 2.32. The first-order chi connectivity index (χ1) is 14.5. The molecule has 0 spiro atoms.